The number of aryl methyl sites for hydroxylation is 1. The van der Waals surface area contributed by atoms with Gasteiger partial charge < -0.3 is 4.98 Å². The normalized spacial score (nSPS) is 10.2. The minimum atomic E-state index is -0.569. The number of hydrazine groups is 1. The third-order valence-corrected chi connectivity index (χ3v) is 3.86. The second-order valence-electron chi connectivity index (χ2n) is 5.73. The van der Waals surface area contributed by atoms with Crippen LogP contribution in [0.15, 0.2) is 66.9 Å². The number of aromatic nitrogens is 1. The maximum absolute atomic E-state index is 12.7. The maximum atomic E-state index is 12.7. The Morgan fingerprint density at radius 2 is 1.42 bits per heavy atom. The summed E-state index contributed by atoms with van der Waals surface area (Å²) < 4.78 is 0. The van der Waals surface area contributed by atoms with E-state index in [2.05, 4.69) is 15.8 Å². The fourth-order valence-electron chi connectivity index (χ4n) is 2.46. The van der Waals surface area contributed by atoms with Crippen LogP contribution in [0.5, 0.6) is 0 Å². The zero-order chi connectivity index (χ0) is 18.5. The number of carbonyl (C=O) groups is 3. The van der Waals surface area contributed by atoms with E-state index >= 15 is 0 Å². The van der Waals surface area contributed by atoms with Crippen molar-refractivity contribution in [1.29, 1.82) is 0 Å². The van der Waals surface area contributed by atoms with Gasteiger partial charge in [-0.3, -0.25) is 25.2 Å². The molecule has 3 aromatic rings. The van der Waals surface area contributed by atoms with Crippen molar-refractivity contribution in [2.45, 2.75) is 6.92 Å². The van der Waals surface area contributed by atoms with Gasteiger partial charge in [-0.2, -0.15) is 0 Å². The van der Waals surface area contributed by atoms with Gasteiger partial charge in [0.2, 0.25) is 0 Å². The molecule has 2 aromatic carbocycles. The highest BCUT2D eigenvalue weighted by Gasteiger charge is 2.18. The Hall–Kier alpha value is -3.67. The Balaban J connectivity index is 1.78. The Morgan fingerprint density at radius 3 is 2.08 bits per heavy atom. The molecule has 0 saturated heterocycles. The zero-order valence-electron chi connectivity index (χ0n) is 14.1. The first-order chi connectivity index (χ1) is 12.6. The van der Waals surface area contributed by atoms with Crippen molar-refractivity contribution in [3.8, 4) is 0 Å². The standard InChI is InChI=1S/C20H17N3O3/c1-13-8-10-14(11-9-13)18(24)15-5-2-3-6-16(15)19(25)22-23-20(26)17-7-4-12-21-17/h2-12,21H,1H3,(H,22,25)(H,23,26). The van der Waals surface area contributed by atoms with Gasteiger partial charge in [0.15, 0.2) is 5.78 Å². The summed E-state index contributed by atoms with van der Waals surface area (Å²) in [4.78, 5) is 39.8. The molecule has 0 aliphatic carbocycles. The molecule has 0 spiro atoms. The highest BCUT2D eigenvalue weighted by Crippen LogP contribution is 2.15. The Labute approximate surface area is 150 Å². The van der Waals surface area contributed by atoms with Gasteiger partial charge in [0.25, 0.3) is 11.8 Å². The lowest BCUT2D eigenvalue weighted by atomic mass is 9.97. The summed E-state index contributed by atoms with van der Waals surface area (Å²) in [5.74, 6) is -1.31. The van der Waals surface area contributed by atoms with Crippen LogP contribution in [0.4, 0.5) is 0 Å². The van der Waals surface area contributed by atoms with Gasteiger partial charge in [-0.15, -0.1) is 0 Å². The van der Waals surface area contributed by atoms with Crippen LogP contribution < -0.4 is 10.9 Å². The summed E-state index contributed by atoms with van der Waals surface area (Å²) in [5, 5.41) is 0. The van der Waals surface area contributed by atoms with Crippen LogP contribution in [-0.4, -0.2) is 22.6 Å². The van der Waals surface area contributed by atoms with E-state index in [4.69, 9.17) is 0 Å². The summed E-state index contributed by atoms with van der Waals surface area (Å²) in [6.45, 7) is 1.93. The molecule has 0 saturated carbocycles. The largest absolute Gasteiger partial charge is 0.357 e. The van der Waals surface area contributed by atoms with Crippen LogP contribution in [0.3, 0.4) is 0 Å². The van der Waals surface area contributed by atoms with Crippen LogP contribution in [0.2, 0.25) is 0 Å². The van der Waals surface area contributed by atoms with Gasteiger partial charge in [0.1, 0.15) is 5.69 Å². The number of rotatable bonds is 4. The third-order valence-electron chi connectivity index (χ3n) is 3.86. The van der Waals surface area contributed by atoms with Crippen molar-refractivity contribution in [3.05, 3.63) is 94.8 Å². The van der Waals surface area contributed by atoms with Crippen molar-refractivity contribution >= 4 is 17.6 Å². The molecule has 6 heteroatoms. The minimum Gasteiger partial charge on any atom is -0.357 e. The molecule has 3 N–H and O–H groups in total. The number of nitrogens with one attached hydrogen (secondary N) is 3. The third kappa shape index (κ3) is 3.70. The van der Waals surface area contributed by atoms with Gasteiger partial charge >= 0.3 is 0 Å². The molecule has 0 unspecified atom stereocenters. The Bertz CT molecular complexity index is 945. The smallest absolute Gasteiger partial charge is 0.286 e. The highest BCUT2D eigenvalue weighted by atomic mass is 16.2. The molecule has 6 nitrogen and oxygen atoms in total. The van der Waals surface area contributed by atoms with Gasteiger partial charge in [-0.25, -0.2) is 0 Å². The molecule has 0 radical (unpaired) electrons. The summed E-state index contributed by atoms with van der Waals surface area (Å²) >= 11 is 0. The topological polar surface area (TPSA) is 91.1 Å². The summed E-state index contributed by atoms with van der Waals surface area (Å²) in [7, 11) is 0. The molecule has 1 heterocycles. The van der Waals surface area contributed by atoms with Crippen molar-refractivity contribution in [2.24, 2.45) is 0 Å². The van der Waals surface area contributed by atoms with Crippen LogP contribution in [-0.2, 0) is 0 Å². The number of aromatic amines is 1. The number of benzene rings is 2. The molecule has 26 heavy (non-hydrogen) atoms. The fraction of sp³-hybridized carbons (Fsp3) is 0.0500. The molecule has 1 aromatic heterocycles. The predicted octanol–water partition coefficient (Wildman–Crippen LogP) is 2.63. The van der Waals surface area contributed by atoms with Crippen LogP contribution >= 0.6 is 0 Å². The van der Waals surface area contributed by atoms with E-state index in [-0.39, 0.29) is 16.9 Å². The molecule has 0 fully saturated rings. The molecule has 0 aliphatic heterocycles. The van der Waals surface area contributed by atoms with E-state index < -0.39 is 11.8 Å². The minimum absolute atomic E-state index is 0.185. The average molecular weight is 347 g/mol. The van der Waals surface area contributed by atoms with Gasteiger partial charge in [0.05, 0.1) is 5.56 Å². The molecule has 0 atom stereocenters. The SMILES string of the molecule is Cc1ccc(C(=O)c2ccccc2C(=O)NNC(=O)c2ccc[nH]2)cc1. The van der Waals surface area contributed by atoms with Crippen LogP contribution in [0, 0.1) is 6.92 Å². The number of amides is 2. The Morgan fingerprint density at radius 1 is 0.769 bits per heavy atom. The van der Waals surface area contributed by atoms with Crippen molar-refractivity contribution in [3.63, 3.8) is 0 Å². The summed E-state index contributed by atoms with van der Waals surface area (Å²) in [6, 6.07) is 16.9. The lowest BCUT2D eigenvalue weighted by Gasteiger charge is -2.10. The molecular formula is C20H17N3O3. The summed E-state index contributed by atoms with van der Waals surface area (Å²) in [5.41, 5.74) is 6.95. The maximum Gasteiger partial charge on any atom is 0.286 e. The predicted molar refractivity (Wildman–Crippen MR) is 96.8 cm³/mol. The highest BCUT2D eigenvalue weighted by molar-refractivity contribution is 6.15. The molecule has 0 aliphatic rings. The van der Waals surface area contributed by atoms with E-state index in [1.54, 1.807) is 48.7 Å². The number of hydrogen-bond donors (Lipinski definition) is 3. The molecule has 2 amide bonds. The van der Waals surface area contributed by atoms with Crippen LogP contribution in [0.25, 0.3) is 0 Å². The monoisotopic (exact) mass is 347 g/mol. The second-order valence-corrected chi connectivity index (χ2v) is 5.73. The van der Waals surface area contributed by atoms with Crippen LogP contribution in [0.1, 0.15) is 42.3 Å². The lowest BCUT2D eigenvalue weighted by Crippen LogP contribution is -2.42. The molecule has 0 bridgehead atoms. The van der Waals surface area contributed by atoms with Crippen molar-refractivity contribution in [1.82, 2.24) is 15.8 Å². The number of H-pyrrole nitrogens is 1. The van der Waals surface area contributed by atoms with Gasteiger partial charge in [-0.05, 0) is 25.1 Å². The number of ketones is 1. The first kappa shape index (κ1) is 17.2. The summed E-state index contributed by atoms with van der Waals surface area (Å²) in [6.07, 6.45) is 1.60. The van der Waals surface area contributed by atoms with Crippen molar-refractivity contribution < 1.29 is 14.4 Å². The van der Waals surface area contributed by atoms with E-state index in [9.17, 15) is 14.4 Å². The van der Waals surface area contributed by atoms with E-state index in [1.165, 1.54) is 6.07 Å². The fourth-order valence-corrected chi connectivity index (χ4v) is 2.46. The molecule has 130 valence electrons. The van der Waals surface area contributed by atoms with E-state index in [0.717, 1.165) is 5.56 Å². The number of carbonyl (C=O) groups excluding carboxylic acids is 3. The molecular weight excluding hydrogens is 330 g/mol. The first-order valence-electron chi connectivity index (χ1n) is 8.01. The van der Waals surface area contributed by atoms with Gasteiger partial charge in [0, 0.05) is 17.3 Å². The lowest BCUT2D eigenvalue weighted by molar-refractivity contribution is 0.0842. The quantitative estimate of drug-likeness (QED) is 0.500. The van der Waals surface area contributed by atoms with Gasteiger partial charge in [-0.1, -0.05) is 48.0 Å². The van der Waals surface area contributed by atoms with E-state index in [1.807, 2.05) is 19.1 Å². The number of hydrogen-bond acceptors (Lipinski definition) is 3. The second kappa shape index (κ2) is 7.48. The van der Waals surface area contributed by atoms with Crippen molar-refractivity contribution in [2.75, 3.05) is 0 Å². The van der Waals surface area contributed by atoms with E-state index in [0.29, 0.717) is 11.3 Å². The first-order valence-corrected chi connectivity index (χ1v) is 8.01. The zero-order valence-corrected chi connectivity index (χ0v) is 14.1. The average Bonchev–Trinajstić information content (AvgIpc) is 3.21. The Kier molecular flexibility index (Phi) is 4.94. The molecule has 3 rings (SSSR count).